The van der Waals surface area contributed by atoms with Gasteiger partial charge in [0.1, 0.15) is 16.6 Å². The van der Waals surface area contributed by atoms with Crippen molar-refractivity contribution in [1.82, 2.24) is 4.98 Å². The van der Waals surface area contributed by atoms with Gasteiger partial charge < -0.3 is 9.73 Å². The highest BCUT2D eigenvalue weighted by Crippen LogP contribution is 2.36. The first-order valence-corrected chi connectivity index (χ1v) is 6.21. The molecular weight excluding hydrogens is 277 g/mol. The van der Waals surface area contributed by atoms with Gasteiger partial charge in [-0.3, -0.25) is 0 Å². The van der Waals surface area contributed by atoms with Crippen molar-refractivity contribution in [1.29, 1.82) is 0 Å². The molecule has 0 fully saturated rings. The van der Waals surface area contributed by atoms with Gasteiger partial charge in [0.25, 0.3) is 0 Å². The SMILES string of the molecule is CNc1cc(C(F)(F)F)cc(Sc2ccoc2C)n1. The predicted octanol–water partition coefficient (Wildman–Crippen LogP) is 4.19. The van der Waals surface area contributed by atoms with Crippen molar-refractivity contribution in [3.05, 3.63) is 35.8 Å². The number of hydrogen-bond acceptors (Lipinski definition) is 4. The number of anilines is 1. The van der Waals surface area contributed by atoms with Crippen LogP contribution in [0.2, 0.25) is 0 Å². The summed E-state index contributed by atoms with van der Waals surface area (Å²) in [7, 11) is 1.53. The van der Waals surface area contributed by atoms with E-state index in [0.717, 1.165) is 28.8 Å². The Kier molecular flexibility index (Phi) is 3.75. The molecule has 0 amide bonds. The van der Waals surface area contributed by atoms with Crippen molar-refractivity contribution >= 4 is 17.6 Å². The second-order valence-corrected chi connectivity index (χ2v) is 4.83. The Morgan fingerprint density at radius 3 is 2.58 bits per heavy atom. The van der Waals surface area contributed by atoms with Crippen LogP contribution in [0.25, 0.3) is 0 Å². The van der Waals surface area contributed by atoms with Crippen LogP contribution in [-0.2, 0) is 6.18 Å². The molecule has 7 heteroatoms. The molecule has 0 atom stereocenters. The molecule has 0 radical (unpaired) electrons. The van der Waals surface area contributed by atoms with Gasteiger partial charge in [-0.1, -0.05) is 11.8 Å². The third-order valence-corrected chi connectivity index (χ3v) is 3.47. The maximum atomic E-state index is 12.8. The summed E-state index contributed by atoms with van der Waals surface area (Å²) < 4.78 is 43.4. The Balaban J connectivity index is 2.37. The predicted molar refractivity (Wildman–Crippen MR) is 66.4 cm³/mol. The lowest BCUT2D eigenvalue weighted by Gasteiger charge is -2.10. The molecule has 102 valence electrons. The van der Waals surface area contributed by atoms with E-state index >= 15 is 0 Å². The lowest BCUT2D eigenvalue weighted by Crippen LogP contribution is -2.07. The fourth-order valence-electron chi connectivity index (χ4n) is 1.44. The number of furan rings is 1. The Labute approximate surface area is 112 Å². The lowest BCUT2D eigenvalue weighted by atomic mass is 10.2. The summed E-state index contributed by atoms with van der Waals surface area (Å²) in [6.07, 6.45) is -2.90. The van der Waals surface area contributed by atoms with E-state index in [9.17, 15) is 13.2 Å². The maximum Gasteiger partial charge on any atom is 0.416 e. The van der Waals surface area contributed by atoms with Crippen LogP contribution in [0.3, 0.4) is 0 Å². The van der Waals surface area contributed by atoms with Gasteiger partial charge in [-0.2, -0.15) is 13.2 Å². The highest BCUT2D eigenvalue weighted by atomic mass is 32.2. The number of aryl methyl sites for hydroxylation is 1. The molecule has 0 spiro atoms. The van der Waals surface area contributed by atoms with E-state index in [4.69, 9.17) is 4.42 Å². The molecule has 0 saturated heterocycles. The molecule has 3 nitrogen and oxygen atoms in total. The van der Waals surface area contributed by atoms with Crippen molar-refractivity contribution < 1.29 is 17.6 Å². The number of nitrogens with zero attached hydrogens (tertiary/aromatic N) is 1. The van der Waals surface area contributed by atoms with Gasteiger partial charge in [-0.25, -0.2) is 4.98 Å². The van der Waals surface area contributed by atoms with Crippen molar-refractivity contribution in [2.24, 2.45) is 0 Å². The first-order chi connectivity index (χ1) is 8.90. The van der Waals surface area contributed by atoms with Gasteiger partial charge in [0.05, 0.1) is 16.7 Å². The summed E-state index contributed by atoms with van der Waals surface area (Å²) in [5.41, 5.74) is -0.726. The van der Waals surface area contributed by atoms with Gasteiger partial charge >= 0.3 is 6.18 Å². The zero-order valence-electron chi connectivity index (χ0n) is 10.2. The number of alkyl halides is 3. The number of hydrogen-bond donors (Lipinski definition) is 1. The second-order valence-electron chi connectivity index (χ2n) is 3.77. The number of pyridine rings is 1. The van der Waals surface area contributed by atoms with E-state index in [0.29, 0.717) is 5.76 Å². The molecule has 0 aliphatic rings. The lowest BCUT2D eigenvalue weighted by molar-refractivity contribution is -0.137. The van der Waals surface area contributed by atoms with Crippen LogP contribution < -0.4 is 5.32 Å². The number of aromatic nitrogens is 1. The van der Waals surface area contributed by atoms with Crippen LogP contribution in [0.1, 0.15) is 11.3 Å². The van der Waals surface area contributed by atoms with Gasteiger partial charge in [0.2, 0.25) is 0 Å². The molecule has 0 aromatic carbocycles. The molecule has 1 N–H and O–H groups in total. The van der Waals surface area contributed by atoms with Crippen molar-refractivity contribution in [3.63, 3.8) is 0 Å². The first-order valence-electron chi connectivity index (χ1n) is 5.39. The Morgan fingerprint density at radius 2 is 2.05 bits per heavy atom. The van der Waals surface area contributed by atoms with E-state index in [1.807, 2.05) is 0 Å². The molecule has 0 aliphatic heterocycles. The first kappa shape index (κ1) is 13.8. The minimum absolute atomic E-state index is 0.179. The number of rotatable bonds is 3. The second kappa shape index (κ2) is 5.16. The zero-order valence-corrected chi connectivity index (χ0v) is 11.0. The molecule has 0 saturated carbocycles. The largest absolute Gasteiger partial charge is 0.468 e. The molecule has 2 heterocycles. The van der Waals surface area contributed by atoms with Crippen LogP contribution in [0, 0.1) is 6.92 Å². The van der Waals surface area contributed by atoms with Crippen LogP contribution >= 0.6 is 11.8 Å². The third kappa shape index (κ3) is 3.23. The Morgan fingerprint density at radius 1 is 1.32 bits per heavy atom. The van der Waals surface area contributed by atoms with Gasteiger partial charge in [0.15, 0.2) is 0 Å². The van der Waals surface area contributed by atoms with Crippen LogP contribution in [0.5, 0.6) is 0 Å². The Hall–Kier alpha value is -1.63. The molecular formula is C12H11F3N2OS. The smallest absolute Gasteiger partial charge is 0.416 e. The molecule has 0 unspecified atom stereocenters. The van der Waals surface area contributed by atoms with Crippen LogP contribution in [0.4, 0.5) is 19.0 Å². The van der Waals surface area contributed by atoms with Crippen LogP contribution in [-0.4, -0.2) is 12.0 Å². The summed E-state index contributed by atoms with van der Waals surface area (Å²) in [5.74, 6) is 0.827. The van der Waals surface area contributed by atoms with E-state index in [-0.39, 0.29) is 10.8 Å². The third-order valence-electron chi connectivity index (χ3n) is 2.41. The van der Waals surface area contributed by atoms with Crippen LogP contribution in [0.15, 0.2) is 38.8 Å². The fourth-order valence-corrected chi connectivity index (χ4v) is 2.31. The topological polar surface area (TPSA) is 38.1 Å². The maximum absolute atomic E-state index is 12.8. The molecule has 19 heavy (non-hydrogen) atoms. The van der Waals surface area contributed by atoms with E-state index in [1.54, 1.807) is 13.0 Å². The summed E-state index contributed by atoms with van der Waals surface area (Å²) in [6, 6.07) is 3.70. The van der Waals surface area contributed by atoms with Gasteiger partial charge in [-0.15, -0.1) is 0 Å². The van der Waals surface area contributed by atoms with Gasteiger partial charge in [-0.05, 0) is 25.1 Å². The summed E-state index contributed by atoms with van der Waals surface area (Å²) in [4.78, 5) is 4.84. The zero-order chi connectivity index (χ0) is 14.0. The standard InChI is InChI=1S/C12H11F3N2OS/c1-7-9(3-4-18-7)19-11-6-8(12(13,14)15)5-10(16-2)17-11/h3-6H,1-2H3,(H,16,17). The summed E-state index contributed by atoms with van der Waals surface area (Å²) in [5, 5.41) is 2.89. The normalized spacial score (nSPS) is 11.6. The summed E-state index contributed by atoms with van der Waals surface area (Å²) in [6.45, 7) is 1.74. The monoisotopic (exact) mass is 288 g/mol. The van der Waals surface area contributed by atoms with Crippen molar-refractivity contribution in [3.8, 4) is 0 Å². The number of halogens is 3. The highest BCUT2D eigenvalue weighted by Gasteiger charge is 2.31. The van der Waals surface area contributed by atoms with Crippen molar-refractivity contribution in [2.45, 2.75) is 23.0 Å². The van der Waals surface area contributed by atoms with Gasteiger partial charge in [0, 0.05) is 7.05 Å². The molecule has 0 aliphatic carbocycles. The number of nitrogens with one attached hydrogen (secondary N) is 1. The fraction of sp³-hybridized carbons (Fsp3) is 0.250. The minimum Gasteiger partial charge on any atom is -0.468 e. The highest BCUT2D eigenvalue weighted by molar-refractivity contribution is 7.99. The minimum atomic E-state index is -4.39. The van der Waals surface area contributed by atoms with E-state index in [2.05, 4.69) is 10.3 Å². The molecule has 2 aromatic rings. The average Bonchev–Trinajstić information content (AvgIpc) is 2.73. The average molecular weight is 288 g/mol. The van der Waals surface area contributed by atoms with Crippen molar-refractivity contribution in [2.75, 3.05) is 12.4 Å². The molecule has 0 bridgehead atoms. The van der Waals surface area contributed by atoms with E-state index < -0.39 is 11.7 Å². The summed E-state index contributed by atoms with van der Waals surface area (Å²) >= 11 is 1.14. The van der Waals surface area contributed by atoms with E-state index in [1.165, 1.54) is 13.3 Å². The molecule has 2 rings (SSSR count). The molecule has 2 aromatic heterocycles. The quantitative estimate of drug-likeness (QED) is 0.918. The Bertz CT molecular complexity index is 581.